The predicted octanol–water partition coefficient (Wildman–Crippen LogP) is 8.21. The van der Waals surface area contributed by atoms with Gasteiger partial charge in [0.25, 0.3) is 0 Å². The van der Waals surface area contributed by atoms with Gasteiger partial charge in [0.15, 0.2) is 12.6 Å². The fourth-order valence-electron chi connectivity index (χ4n) is 8.33. The number of benzene rings is 5. The molecule has 340 valence electrons. The van der Waals surface area contributed by atoms with Crippen LogP contribution < -0.4 is 0 Å². The summed E-state index contributed by atoms with van der Waals surface area (Å²) >= 11 is 1.70. The van der Waals surface area contributed by atoms with Gasteiger partial charge in [-0.25, -0.2) is 0 Å². The van der Waals surface area contributed by atoms with Crippen molar-refractivity contribution in [2.75, 3.05) is 32.7 Å². The second-order valence-electron chi connectivity index (χ2n) is 16.1. The van der Waals surface area contributed by atoms with Gasteiger partial charge < -0.3 is 52.5 Å². The molecule has 0 bridgehead atoms. The number of aliphatic hydroxyl groups excluding tert-OH is 1. The molecule has 11 nitrogen and oxygen atoms in total. The first-order chi connectivity index (χ1) is 31.6. The zero-order valence-corrected chi connectivity index (χ0v) is 37.3. The highest BCUT2D eigenvalue weighted by Gasteiger charge is 2.51. The van der Waals surface area contributed by atoms with Gasteiger partial charge in [0.05, 0.1) is 46.2 Å². The fraction of sp³-hybridized carbons (Fsp3) is 0.423. The first-order valence-corrected chi connectivity index (χ1v) is 23.3. The largest absolute Gasteiger partial charge is 0.387 e. The predicted molar refractivity (Wildman–Crippen MR) is 243 cm³/mol. The minimum Gasteiger partial charge on any atom is -0.387 e. The Labute approximate surface area is 381 Å². The Kier molecular flexibility index (Phi) is 17.4. The lowest BCUT2D eigenvalue weighted by atomic mass is 9.98. The summed E-state index contributed by atoms with van der Waals surface area (Å²) in [6.45, 7) is 4.41. The molecule has 0 saturated carbocycles. The molecular formula is C52H60O11S. The van der Waals surface area contributed by atoms with Gasteiger partial charge >= 0.3 is 0 Å². The highest BCUT2D eigenvalue weighted by molar-refractivity contribution is 7.99. The van der Waals surface area contributed by atoms with Crippen LogP contribution in [-0.2, 0) is 80.2 Å². The van der Waals surface area contributed by atoms with Crippen LogP contribution >= 0.6 is 11.8 Å². The molecular weight excluding hydrogens is 833 g/mol. The van der Waals surface area contributed by atoms with Gasteiger partial charge in [0, 0.05) is 12.7 Å². The molecule has 0 amide bonds. The lowest BCUT2D eigenvalue weighted by Gasteiger charge is -2.49. The Morgan fingerprint density at radius 3 is 1.77 bits per heavy atom. The minimum absolute atomic E-state index is 0.141. The molecule has 0 unspecified atom stereocenters. The molecule has 5 aromatic rings. The first kappa shape index (κ1) is 46.5. The van der Waals surface area contributed by atoms with E-state index in [1.165, 1.54) is 0 Å². The Bertz CT molecular complexity index is 2080. The molecule has 0 spiro atoms. The molecule has 3 saturated heterocycles. The lowest BCUT2D eigenvalue weighted by molar-refractivity contribution is -0.329. The maximum Gasteiger partial charge on any atom is 0.186 e. The number of hydrogen-bond donors (Lipinski definition) is 1. The molecule has 64 heavy (non-hydrogen) atoms. The SMILES string of the molecule is CCS[C@@H]1O[C@@H]2CO[C@@H](c3ccccc3)O[C@H]2[C@H](OCc2cccc(CCOC[C@H]3O[C@H](OC)[C@H](OCc4ccccc4)[C@@H](OCc4ccccc4)[C@@H]3O)c2)[C@H]1OCc1ccccc1. The molecule has 3 aliphatic heterocycles. The van der Waals surface area contributed by atoms with E-state index in [1.807, 2.05) is 115 Å². The summed E-state index contributed by atoms with van der Waals surface area (Å²) < 4.78 is 64.1. The topological polar surface area (TPSA) is 113 Å². The van der Waals surface area contributed by atoms with Crippen molar-refractivity contribution in [1.82, 2.24) is 0 Å². The molecule has 3 fully saturated rings. The van der Waals surface area contributed by atoms with Crippen LogP contribution in [0.3, 0.4) is 0 Å². The van der Waals surface area contributed by atoms with Gasteiger partial charge in [-0.3, -0.25) is 0 Å². The van der Waals surface area contributed by atoms with Crippen molar-refractivity contribution >= 4 is 11.8 Å². The van der Waals surface area contributed by atoms with E-state index >= 15 is 0 Å². The molecule has 5 aromatic carbocycles. The summed E-state index contributed by atoms with van der Waals surface area (Å²) in [6.07, 6.45) is -5.40. The van der Waals surface area contributed by atoms with Gasteiger partial charge in [-0.2, -0.15) is 0 Å². The van der Waals surface area contributed by atoms with Crippen LogP contribution in [0.5, 0.6) is 0 Å². The van der Waals surface area contributed by atoms with Crippen LogP contribution in [0.4, 0.5) is 0 Å². The smallest absolute Gasteiger partial charge is 0.186 e. The molecule has 3 heterocycles. The van der Waals surface area contributed by atoms with Gasteiger partial charge in [-0.1, -0.05) is 153 Å². The normalized spacial score (nSPS) is 28.1. The third-order valence-corrected chi connectivity index (χ3v) is 12.7. The van der Waals surface area contributed by atoms with E-state index in [4.69, 9.17) is 47.4 Å². The quantitative estimate of drug-likeness (QED) is 0.0717. The standard InChI is InChI=1S/C52H60O11S/c1-3-64-52-49(59-32-39-21-12-6-13-22-39)47(45-43(62-52)35-60-50(63-45)41-25-14-7-15-26-41)57-33-40-24-16-23-36(29-40)27-28-55-34-42-44(53)46(56-30-37-17-8-4-9-18-37)48(51(54-2)61-42)58-31-38-19-10-5-11-20-38/h4-26,29,42-53H,3,27-28,30-35H2,1-2H3/t42-,43-,44-,45-,46+,47+,48-,49-,50-,51+,52+/m1/s1. The summed E-state index contributed by atoms with van der Waals surface area (Å²) in [6, 6.07) is 48.2. The number of fused-ring (bicyclic) bond motifs is 1. The number of thioether (sulfide) groups is 1. The average Bonchev–Trinajstić information content (AvgIpc) is 3.35. The summed E-state index contributed by atoms with van der Waals surface area (Å²) in [5.41, 5.74) is 5.83. The Hall–Kier alpha value is -3.99. The third-order valence-electron chi connectivity index (χ3n) is 11.6. The summed E-state index contributed by atoms with van der Waals surface area (Å²) in [7, 11) is 1.57. The molecule has 0 radical (unpaired) electrons. The number of hydrogen-bond acceptors (Lipinski definition) is 12. The number of methoxy groups -OCH3 is 1. The zero-order chi connectivity index (χ0) is 43.9. The minimum atomic E-state index is -1.03. The Morgan fingerprint density at radius 2 is 1.14 bits per heavy atom. The van der Waals surface area contributed by atoms with E-state index in [2.05, 4.69) is 37.3 Å². The fourth-order valence-corrected chi connectivity index (χ4v) is 9.31. The van der Waals surface area contributed by atoms with E-state index < -0.39 is 55.3 Å². The zero-order valence-electron chi connectivity index (χ0n) is 36.5. The summed E-state index contributed by atoms with van der Waals surface area (Å²) in [5.74, 6) is 0.851. The van der Waals surface area contributed by atoms with E-state index in [9.17, 15) is 5.11 Å². The van der Waals surface area contributed by atoms with Crippen molar-refractivity contribution in [3.8, 4) is 0 Å². The van der Waals surface area contributed by atoms with Crippen LogP contribution in [0.1, 0.15) is 46.6 Å². The van der Waals surface area contributed by atoms with Crippen molar-refractivity contribution < 1.29 is 52.5 Å². The van der Waals surface area contributed by atoms with Gasteiger partial charge in [0.1, 0.15) is 54.3 Å². The summed E-state index contributed by atoms with van der Waals surface area (Å²) in [4.78, 5) is 0. The van der Waals surface area contributed by atoms with E-state index in [-0.39, 0.29) is 18.1 Å². The van der Waals surface area contributed by atoms with Crippen molar-refractivity contribution in [2.24, 2.45) is 0 Å². The van der Waals surface area contributed by atoms with Crippen molar-refractivity contribution in [3.63, 3.8) is 0 Å². The second kappa shape index (κ2) is 24.0. The van der Waals surface area contributed by atoms with Crippen molar-refractivity contribution in [3.05, 3.63) is 179 Å². The molecule has 0 aromatic heterocycles. The third kappa shape index (κ3) is 12.5. The van der Waals surface area contributed by atoms with Crippen LogP contribution in [0, 0.1) is 0 Å². The second-order valence-corrected chi connectivity index (χ2v) is 17.5. The Balaban J connectivity index is 0.902. The van der Waals surface area contributed by atoms with Crippen LogP contribution in [0.25, 0.3) is 0 Å². The maximum atomic E-state index is 11.7. The van der Waals surface area contributed by atoms with E-state index in [0.29, 0.717) is 46.1 Å². The van der Waals surface area contributed by atoms with Crippen molar-refractivity contribution in [1.29, 1.82) is 0 Å². The first-order valence-electron chi connectivity index (χ1n) is 22.3. The van der Waals surface area contributed by atoms with Gasteiger partial charge in [-0.15, -0.1) is 11.8 Å². The van der Waals surface area contributed by atoms with Crippen LogP contribution in [0.2, 0.25) is 0 Å². The molecule has 8 rings (SSSR count). The Morgan fingerprint density at radius 1 is 0.594 bits per heavy atom. The van der Waals surface area contributed by atoms with Gasteiger partial charge in [0.2, 0.25) is 0 Å². The monoisotopic (exact) mass is 892 g/mol. The molecule has 0 aliphatic carbocycles. The lowest BCUT2D eigenvalue weighted by Crippen LogP contribution is -2.62. The highest BCUT2D eigenvalue weighted by Crippen LogP contribution is 2.40. The molecule has 11 atom stereocenters. The number of rotatable bonds is 21. The summed E-state index contributed by atoms with van der Waals surface area (Å²) in [5, 5.41) is 11.7. The van der Waals surface area contributed by atoms with E-state index in [0.717, 1.165) is 39.1 Å². The number of aliphatic hydroxyl groups is 1. The molecule has 12 heteroatoms. The van der Waals surface area contributed by atoms with Crippen molar-refractivity contribution in [2.45, 2.75) is 107 Å². The molecule has 1 N–H and O–H groups in total. The van der Waals surface area contributed by atoms with E-state index in [1.54, 1.807) is 18.9 Å². The maximum absolute atomic E-state index is 11.7. The number of ether oxygens (including phenoxy) is 10. The highest BCUT2D eigenvalue weighted by atomic mass is 32.2. The van der Waals surface area contributed by atoms with Gasteiger partial charge in [-0.05, 0) is 40.0 Å². The van der Waals surface area contributed by atoms with Crippen LogP contribution in [0.15, 0.2) is 146 Å². The average molecular weight is 893 g/mol. The van der Waals surface area contributed by atoms with Crippen LogP contribution in [-0.4, -0.2) is 98.3 Å². The molecule has 3 aliphatic rings.